The molecule has 2 N–H and O–H groups in total. The lowest BCUT2D eigenvalue weighted by atomic mass is 10.2. The van der Waals surface area contributed by atoms with E-state index in [0.29, 0.717) is 18.7 Å². The van der Waals surface area contributed by atoms with Gasteiger partial charge in [-0.05, 0) is 25.1 Å². The molecule has 0 radical (unpaired) electrons. The molecule has 5 heteroatoms. The lowest BCUT2D eigenvalue weighted by Gasteiger charge is -2.06. The molecule has 0 saturated heterocycles. The highest BCUT2D eigenvalue weighted by molar-refractivity contribution is 9.10. The van der Waals surface area contributed by atoms with Crippen LogP contribution in [0.1, 0.15) is 17.3 Å². The Kier molecular flexibility index (Phi) is 7.35. The van der Waals surface area contributed by atoms with Gasteiger partial charge in [0, 0.05) is 29.2 Å². The van der Waals surface area contributed by atoms with Crippen molar-refractivity contribution < 1.29 is 9.59 Å². The molecule has 20 heavy (non-hydrogen) atoms. The van der Waals surface area contributed by atoms with E-state index in [2.05, 4.69) is 26.6 Å². The Morgan fingerprint density at radius 1 is 1.20 bits per heavy atom. The van der Waals surface area contributed by atoms with Gasteiger partial charge >= 0.3 is 0 Å². The summed E-state index contributed by atoms with van der Waals surface area (Å²) < 4.78 is 0.854. The van der Waals surface area contributed by atoms with Crippen LogP contribution in [0.15, 0.2) is 53.0 Å². The lowest BCUT2D eigenvalue weighted by Crippen LogP contribution is -2.33. The average molecular weight is 337 g/mol. The van der Waals surface area contributed by atoms with Crippen LogP contribution in [0.5, 0.6) is 0 Å². The summed E-state index contributed by atoms with van der Waals surface area (Å²) in [6.45, 7) is 2.65. The molecule has 106 valence electrons. The maximum atomic E-state index is 11.8. The molecule has 0 atom stereocenters. The molecule has 0 unspecified atom stereocenters. The first-order valence-electron chi connectivity index (χ1n) is 6.24. The minimum Gasteiger partial charge on any atom is -0.351 e. The van der Waals surface area contributed by atoms with Crippen LogP contribution in [0, 0.1) is 0 Å². The third-order valence-electron chi connectivity index (χ3n) is 2.35. The first-order valence-corrected chi connectivity index (χ1v) is 7.03. The Morgan fingerprint density at radius 3 is 2.65 bits per heavy atom. The Bertz CT molecular complexity index is 524. The van der Waals surface area contributed by atoms with Gasteiger partial charge in [-0.2, -0.15) is 0 Å². The molecule has 0 saturated carbocycles. The van der Waals surface area contributed by atoms with Crippen molar-refractivity contribution in [1.82, 2.24) is 10.6 Å². The second-order valence-electron chi connectivity index (χ2n) is 3.94. The largest absolute Gasteiger partial charge is 0.351 e. The highest BCUT2D eigenvalue weighted by Crippen LogP contribution is 2.11. The van der Waals surface area contributed by atoms with Crippen molar-refractivity contribution in [3.8, 4) is 0 Å². The van der Waals surface area contributed by atoms with Gasteiger partial charge in [0.1, 0.15) is 0 Å². The van der Waals surface area contributed by atoms with Gasteiger partial charge in [-0.25, -0.2) is 0 Å². The second kappa shape index (κ2) is 9.09. The van der Waals surface area contributed by atoms with Crippen LogP contribution in [0.3, 0.4) is 0 Å². The maximum Gasteiger partial charge on any atom is 0.251 e. The molecule has 0 aliphatic carbocycles. The molecule has 2 amide bonds. The van der Waals surface area contributed by atoms with Crippen LogP contribution in [0.4, 0.5) is 0 Å². The molecule has 1 aromatic carbocycles. The number of carbonyl (C=O) groups excluding carboxylic acids is 2. The zero-order valence-electron chi connectivity index (χ0n) is 11.2. The van der Waals surface area contributed by atoms with Crippen LogP contribution < -0.4 is 10.6 Å². The predicted molar refractivity (Wildman–Crippen MR) is 83.4 cm³/mol. The molecule has 0 fully saturated rings. The Hall–Kier alpha value is -1.88. The fourth-order valence-corrected chi connectivity index (χ4v) is 1.81. The number of rotatable bonds is 6. The van der Waals surface area contributed by atoms with E-state index in [1.165, 1.54) is 6.08 Å². The van der Waals surface area contributed by atoms with Gasteiger partial charge < -0.3 is 10.6 Å². The van der Waals surface area contributed by atoms with Crippen LogP contribution >= 0.6 is 15.9 Å². The van der Waals surface area contributed by atoms with Crippen molar-refractivity contribution in [1.29, 1.82) is 0 Å². The molecule has 0 aliphatic heterocycles. The molecule has 1 rings (SSSR count). The van der Waals surface area contributed by atoms with Gasteiger partial charge in [-0.15, -0.1) is 0 Å². The molecule has 0 aromatic heterocycles. The minimum absolute atomic E-state index is 0.162. The number of allylic oxidation sites excluding steroid dienone is 3. The summed E-state index contributed by atoms with van der Waals surface area (Å²) in [5.74, 6) is -0.343. The Labute approximate surface area is 127 Å². The average Bonchev–Trinajstić information content (AvgIpc) is 2.43. The SMILES string of the molecule is C/C=C/C=C/C(=O)NCCNC(=O)c1cccc(Br)c1. The highest BCUT2D eigenvalue weighted by atomic mass is 79.9. The summed E-state index contributed by atoms with van der Waals surface area (Å²) in [7, 11) is 0. The van der Waals surface area contributed by atoms with Gasteiger partial charge in [-0.3, -0.25) is 9.59 Å². The van der Waals surface area contributed by atoms with Crippen LogP contribution in [-0.4, -0.2) is 24.9 Å². The van der Waals surface area contributed by atoms with E-state index in [4.69, 9.17) is 0 Å². The first kappa shape index (κ1) is 16.2. The van der Waals surface area contributed by atoms with Gasteiger partial charge in [0.15, 0.2) is 0 Å². The zero-order chi connectivity index (χ0) is 14.8. The van der Waals surface area contributed by atoms with Crippen molar-refractivity contribution in [3.63, 3.8) is 0 Å². The molecule has 0 heterocycles. The van der Waals surface area contributed by atoms with Crippen molar-refractivity contribution in [2.75, 3.05) is 13.1 Å². The van der Waals surface area contributed by atoms with E-state index in [1.54, 1.807) is 30.4 Å². The number of halogens is 1. The monoisotopic (exact) mass is 336 g/mol. The molecular formula is C15H17BrN2O2. The highest BCUT2D eigenvalue weighted by Gasteiger charge is 2.04. The number of hydrogen-bond donors (Lipinski definition) is 2. The molecule has 4 nitrogen and oxygen atoms in total. The van der Waals surface area contributed by atoms with Gasteiger partial charge in [-0.1, -0.05) is 40.2 Å². The van der Waals surface area contributed by atoms with Crippen molar-refractivity contribution in [2.24, 2.45) is 0 Å². The zero-order valence-corrected chi connectivity index (χ0v) is 12.8. The van der Waals surface area contributed by atoms with Gasteiger partial charge in [0.05, 0.1) is 0 Å². The minimum atomic E-state index is -0.181. The predicted octanol–water partition coefficient (Wildman–Crippen LogP) is 2.43. The third kappa shape index (κ3) is 6.33. The Balaban J connectivity index is 2.27. The molecule has 1 aromatic rings. The van der Waals surface area contributed by atoms with E-state index >= 15 is 0 Å². The topological polar surface area (TPSA) is 58.2 Å². The number of nitrogens with one attached hydrogen (secondary N) is 2. The number of carbonyl (C=O) groups is 2. The van der Waals surface area contributed by atoms with E-state index in [0.717, 1.165) is 4.47 Å². The molecule has 0 aliphatic rings. The van der Waals surface area contributed by atoms with Gasteiger partial charge in [0.2, 0.25) is 5.91 Å². The Morgan fingerprint density at radius 2 is 1.95 bits per heavy atom. The van der Waals surface area contributed by atoms with E-state index in [9.17, 15) is 9.59 Å². The van der Waals surface area contributed by atoms with Crippen molar-refractivity contribution in [2.45, 2.75) is 6.92 Å². The summed E-state index contributed by atoms with van der Waals surface area (Å²) >= 11 is 3.31. The van der Waals surface area contributed by atoms with Crippen LogP contribution in [0.2, 0.25) is 0 Å². The third-order valence-corrected chi connectivity index (χ3v) is 2.84. The number of hydrogen-bond acceptors (Lipinski definition) is 2. The summed E-state index contributed by atoms with van der Waals surface area (Å²) in [6.07, 6.45) is 6.71. The summed E-state index contributed by atoms with van der Waals surface area (Å²) in [4.78, 5) is 23.1. The quantitative estimate of drug-likeness (QED) is 0.476. The lowest BCUT2D eigenvalue weighted by molar-refractivity contribution is -0.116. The van der Waals surface area contributed by atoms with E-state index < -0.39 is 0 Å². The van der Waals surface area contributed by atoms with Crippen molar-refractivity contribution in [3.05, 3.63) is 58.6 Å². The normalized spacial score (nSPS) is 10.9. The summed E-state index contributed by atoms with van der Waals surface area (Å²) in [5.41, 5.74) is 0.582. The maximum absolute atomic E-state index is 11.8. The summed E-state index contributed by atoms with van der Waals surface area (Å²) in [6, 6.07) is 7.13. The van der Waals surface area contributed by atoms with Gasteiger partial charge in [0.25, 0.3) is 5.91 Å². The number of amides is 2. The van der Waals surface area contributed by atoms with Crippen molar-refractivity contribution >= 4 is 27.7 Å². The molecule has 0 bridgehead atoms. The van der Waals surface area contributed by atoms with Crippen LogP contribution in [0.25, 0.3) is 0 Å². The fourth-order valence-electron chi connectivity index (χ4n) is 1.41. The van der Waals surface area contributed by atoms with E-state index in [1.807, 2.05) is 19.1 Å². The van der Waals surface area contributed by atoms with Crippen LogP contribution in [-0.2, 0) is 4.79 Å². The second-order valence-corrected chi connectivity index (χ2v) is 4.86. The summed E-state index contributed by atoms with van der Waals surface area (Å²) in [5, 5.41) is 5.41. The smallest absolute Gasteiger partial charge is 0.251 e. The first-order chi connectivity index (χ1) is 9.63. The molecular weight excluding hydrogens is 320 g/mol. The van der Waals surface area contributed by atoms with E-state index in [-0.39, 0.29) is 11.8 Å². The fraction of sp³-hybridized carbons (Fsp3) is 0.200. The standard InChI is InChI=1S/C15H17BrN2O2/c1-2-3-4-8-14(19)17-9-10-18-15(20)12-6-5-7-13(16)11-12/h2-8,11H,9-10H2,1H3,(H,17,19)(H,18,20)/b3-2+,8-4+. The number of benzene rings is 1. The molecule has 0 spiro atoms.